The van der Waals surface area contributed by atoms with Gasteiger partial charge in [0.25, 0.3) is 0 Å². The molecule has 4 aromatic rings. The van der Waals surface area contributed by atoms with Crippen LogP contribution >= 0.6 is 11.3 Å². The maximum absolute atomic E-state index is 12.5. The van der Waals surface area contributed by atoms with Crippen molar-refractivity contribution in [1.29, 1.82) is 0 Å². The number of rotatable bonds is 4. The first-order valence-electron chi connectivity index (χ1n) is 9.64. The Morgan fingerprint density at radius 1 is 1.00 bits per heavy atom. The van der Waals surface area contributed by atoms with Crippen molar-refractivity contribution in [3.63, 3.8) is 0 Å². The lowest BCUT2D eigenvalue weighted by Gasteiger charge is -2.33. The Labute approximate surface area is 172 Å². The van der Waals surface area contributed by atoms with Gasteiger partial charge in [-0.1, -0.05) is 24.3 Å². The summed E-state index contributed by atoms with van der Waals surface area (Å²) in [6.45, 7) is 3.94. The molecule has 2 aromatic carbocycles. The van der Waals surface area contributed by atoms with Gasteiger partial charge in [0.05, 0.1) is 16.8 Å². The average molecular weight is 404 g/mol. The van der Waals surface area contributed by atoms with E-state index in [0.29, 0.717) is 19.0 Å². The number of carbonyl (C=O) groups is 1. The highest BCUT2D eigenvalue weighted by Gasteiger charge is 2.20. The number of hydrogen-bond donors (Lipinski definition) is 0. The highest BCUT2D eigenvalue weighted by atomic mass is 32.1. The number of para-hydroxylation sites is 3. The SMILES string of the molecule is O=C(C=Cc1nc2ccccc2o1)N1CCN(Cc2nc3ccccc3s2)CC1. The molecule has 6 nitrogen and oxygen atoms in total. The number of nitrogens with zero attached hydrogens (tertiary/aromatic N) is 4. The van der Waals surface area contributed by atoms with Gasteiger partial charge >= 0.3 is 0 Å². The molecule has 0 spiro atoms. The number of thiazole rings is 1. The van der Waals surface area contributed by atoms with Crippen LogP contribution < -0.4 is 0 Å². The quantitative estimate of drug-likeness (QED) is 0.484. The zero-order valence-corrected chi connectivity index (χ0v) is 16.6. The Morgan fingerprint density at radius 2 is 1.76 bits per heavy atom. The Morgan fingerprint density at radius 3 is 2.55 bits per heavy atom. The summed E-state index contributed by atoms with van der Waals surface area (Å²) in [5.41, 5.74) is 2.58. The lowest BCUT2D eigenvalue weighted by molar-refractivity contribution is -0.127. The van der Waals surface area contributed by atoms with Crippen molar-refractivity contribution in [2.24, 2.45) is 0 Å². The van der Waals surface area contributed by atoms with Gasteiger partial charge in [0.15, 0.2) is 5.58 Å². The summed E-state index contributed by atoms with van der Waals surface area (Å²) in [6.07, 6.45) is 3.20. The molecular weight excluding hydrogens is 384 g/mol. The molecule has 0 aliphatic carbocycles. The second-order valence-electron chi connectivity index (χ2n) is 7.03. The van der Waals surface area contributed by atoms with E-state index in [0.717, 1.165) is 41.3 Å². The third kappa shape index (κ3) is 3.92. The maximum Gasteiger partial charge on any atom is 0.246 e. The number of carbonyl (C=O) groups excluding carboxylic acids is 1. The average Bonchev–Trinajstić information content (AvgIpc) is 3.35. The normalized spacial score (nSPS) is 15.7. The molecule has 1 fully saturated rings. The predicted molar refractivity (Wildman–Crippen MR) is 115 cm³/mol. The fourth-order valence-corrected chi connectivity index (χ4v) is 4.52. The third-order valence-electron chi connectivity index (χ3n) is 5.06. The first-order valence-corrected chi connectivity index (χ1v) is 10.5. The second kappa shape index (κ2) is 7.77. The van der Waals surface area contributed by atoms with Gasteiger partial charge in [-0.25, -0.2) is 9.97 Å². The molecular formula is C22H20N4O2S. The summed E-state index contributed by atoms with van der Waals surface area (Å²) < 4.78 is 6.85. The Bertz CT molecular complexity index is 1120. The molecule has 2 aromatic heterocycles. The fourth-order valence-electron chi connectivity index (χ4n) is 3.51. The predicted octanol–water partition coefficient (Wildman–Crippen LogP) is 3.80. The van der Waals surface area contributed by atoms with Crippen LogP contribution in [-0.2, 0) is 11.3 Å². The van der Waals surface area contributed by atoms with Crippen molar-refractivity contribution < 1.29 is 9.21 Å². The van der Waals surface area contributed by atoms with Crippen LogP contribution in [0.15, 0.2) is 59.0 Å². The molecule has 0 radical (unpaired) electrons. The standard InChI is InChI=1S/C22H20N4O2S/c27-22(10-9-20-23-16-5-1-3-7-18(16)28-20)26-13-11-25(12-14-26)15-21-24-17-6-2-4-8-19(17)29-21/h1-10H,11-15H2. The van der Waals surface area contributed by atoms with E-state index >= 15 is 0 Å². The van der Waals surface area contributed by atoms with Gasteiger partial charge in [-0.15, -0.1) is 11.3 Å². The molecule has 5 rings (SSSR count). The molecule has 3 heterocycles. The van der Waals surface area contributed by atoms with Crippen molar-refractivity contribution in [2.45, 2.75) is 6.54 Å². The van der Waals surface area contributed by atoms with Crippen LogP contribution in [0.3, 0.4) is 0 Å². The fraction of sp³-hybridized carbons (Fsp3) is 0.227. The number of benzene rings is 2. The zero-order chi connectivity index (χ0) is 19.6. The van der Waals surface area contributed by atoms with Gasteiger partial charge in [0.2, 0.25) is 11.8 Å². The van der Waals surface area contributed by atoms with E-state index in [2.05, 4.69) is 22.0 Å². The minimum Gasteiger partial charge on any atom is -0.437 e. The highest BCUT2D eigenvalue weighted by molar-refractivity contribution is 7.18. The van der Waals surface area contributed by atoms with E-state index in [1.54, 1.807) is 23.5 Å². The van der Waals surface area contributed by atoms with Gasteiger partial charge in [-0.2, -0.15) is 0 Å². The van der Waals surface area contributed by atoms with E-state index in [1.807, 2.05) is 41.3 Å². The van der Waals surface area contributed by atoms with Crippen LogP contribution in [0.1, 0.15) is 10.9 Å². The van der Waals surface area contributed by atoms with Gasteiger partial charge < -0.3 is 9.32 Å². The summed E-state index contributed by atoms with van der Waals surface area (Å²) in [4.78, 5) is 25.8. The van der Waals surface area contributed by atoms with Gasteiger partial charge in [-0.05, 0) is 24.3 Å². The molecule has 7 heteroatoms. The Balaban J connectivity index is 1.17. The number of amides is 1. The van der Waals surface area contributed by atoms with Gasteiger partial charge in [0.1, 0.15) is 10.5 Å². The monoisotopic (exact) mass is 404 g/mol. The van der Waals surface area contributed by atoms with Crippen molar-refractivity contribution in [3.8, 4) is 0 Å². The molecule has 29 heavy (non-hydrogen) atoms. The molecule has 0 saturated carbocycles. The summed E-state index contributed by atoms with van der Waals surface area (Å²) in [7, 11) is 0. The highest BCUT2D eigenvalue weighted by Crippen LogP contribution is 2.23. The minimum atomic E-state index is -0.00751. The number of aromatic nitrogens is 2. The molecule has 1 saturated heterocycles. The largest absolute Gasteiger partial charge is 0.437 e. The topological polar surface area (TPSA) is 62.5 Å². The lowest BCUT2D eigenvalue weighted by atomic mass is 10.3. The van der Waals surface area contributed by atoms with Crippen LogP contribution in [0, 0.1) is 0 Å². The maximum atomic E-state index is 12.5. The van der Waals surface area contributed by atoms with Crippen LogP contribution in [0.5, 0.6) is 0 Å². The summed E-state index contributed by atoms with van der Waals surface area (Å²) in [6, 6.07) is 15.8. The number of piperazine rings is 1. The first kappa shape index (κ1) is 18.0. The third-order valence-corrected chi connectivity index (χ3v) is 6.08. The molecule has 1 amide bonds. The lowest BCUT2D eigenvalue weighted by Crippen LogP contribution is -2.47. The molecule has 0 unspecified atom stereocenters. The molecule has 0 N–H and O–H groups in total. The Hall–Kier alpha value is -3.03. The van der Waals surface area contributed by atoms with E-state index in [1.165, 1.54) is 4.70 Å². The smallest absolute Gasteiger partial charge is 0.246 e. The minimum absolute atomic E-state index is 0.00751. The van der Waals surface area contributed by atoms with Crippen molar-refractivity contribution in [2.75, 3.05) is 26.2 Å². The van der Waals surface area contributed by atoms with E-state index in [9.17, 15) is 4.79 Å². The van der Waals surface area contributed by atoms with Crippen LogP contribution in [0.25, 0.3) is 27.4 Å². The number of oxazole rings is 1. The van der Waals surface area contributed by atoms with Crippen LogP contribution in [0.2, 0.25) is 0 Å². The van der Waals surface area contributed by atoms with Gasteiger partial charge in [0, 0.05) is 38.3 Å². The number of fused-ring (bicyclic) bond motifs is 2. The van der Waals surface area contributed by atoms with E-state index < -0.39 is 0 Å². The van der Waals surface area contributed by atoms with Crippen molar-refractivity contribution in [1.82, 2.24) is 19.8 Å². The van der Waals surface area contributed by atoms with Crippen molar-refractivity contribution in [3.05, 3.63) is 65.5 Å². The summed E-state index contributed by atoms with van der Waals surface area (Å²) >= 11 is 1.74. The van der Waals surface area contributed by atoms with Crippen LogP contribution in [0.4, 0.5) is 0 Å². The zero-order valence-electron chi connectivity index (χ0n) is 15.8. The molecule has 0 bridgehead atoms. The van der Waals surface area contributed by atoms with Crippen molar-refractivity contribution >= 4 is 44.6 Å². The summed E-state index contributed by atoms with van der Waals surface area (Å²) in [5.74, 6) is 0.445. The molecule has 1 aliphatic rings. The number of hydrogen-bond acceptors (Lipinski definition) is 6. The van der Waals surface area contributed by atoms with E-state index in [-0.39, 0.29) is 5.91 Å². The molecule has 0 atom stereocenters. The Kier molecular flexibility index (Phi) is 4.83. The molecule has 1 aliphatic heterocycles. The van der Waals surface area contributed by atoms with E-state index in [4.69, 9.17) is 9.40 Å². The molecule has 146 valence electrons. The van der Waals surface area contributed by atoms with Gasteiger partial charge in [-0.3, -0.25) is 9.69 Å². The van der Waals surface area contributed by atoms with Crippen LogP contribution in [-0.4, -0.2) is 51.9 Å². The second-order valence-corrected chi connectivity index (χ2v) is 8.15. The summed E-state index contributed by atoms with van der Waals surface area (Å²) in [5, 5.41) is 1.13. The first-order chi connectivity index (χ1) is 14.2.